The number of rotatable bonds is 6. The quantitative estimate of drug-likeness (QED) is 0.683. The third-order valence-corrected chi connectivity index (χ3v) is 4.56. The van der Waals surface area contributed by atoms with Gasteiger partial charge in [-0.25, -0.2) is 13.1 Å². The Morgan fingerprint density at radius 1 is 1.42 bits per heavy atom. The zero-order valence-corrected chi connectivity index (χ0v) is 13.1. The topological polar surface area (TPSA) is 95.9 Å². The van der Waals surface area contributed by atoms with E-state index in [-0.39, 0.29) is 15.7 Å². The predicted molar refractivity (Wildman–Crippen MR) is 74.0 cm³/mol. The molecule has 0 heterocycles. The fourth-order valence-electron chi connectivity index (χ4n) is 1.35. The van der Waals surface area contributed by atoms with E-state index in [1.165, 1.54) is 19.2 Å². The van der Waals surface area contributed by atoms with E-state index < -0.39 is 29.3 Å². The van der Waals surface area contributed by atoms with E-state index in [4.69, 9.17) is 26.6 Å². The van der Waals surface area contributed by atoms with Gasteiger partial charge in [-0.1, -0.05) is 11.6 Å². The van der Waals surface area contributed by atoms with Crippen molar-refractivity contribution in [1.29, 1.82) is 0 Å². The maximum Gasteiger partial charge on any atom is 0.244 e. The Balaban J connectivity index is 3.28. The second kappa shape index (κ2) is 6.87. The van der Waals surface area contributed by atoms with Crippen LogP contribution >= 0.6 is 27.5 Å². The molecule has 0 unspecified atom stereocenters. The largest absolute Gasteiger partial charge is 0.494 e. The van der Waals surface area contributed by atoms with Crippen LogP contribution in [0, 0.1) is 0 Å². The molecule has 0 aliphatic heterocycles. The molecule has 0 aliphatic rings. The van der Waals surface area contributed by atoms with Gasteiger partial charge >= 0.3 is 0 Å². The minimum absolute atomic E-state index is 0.0894. The Bertz CT molecular complexity index is 547. The molecular weight excluding hydrogens is 362 g/mol. The van der Waals surface area contributed by atoms with Gasteiger partial charge in [-0.3, -0.25) is 0 Å². The summed E-state index contributed by atoms with van der Waals surface area (Å²) >= 11 is 8.96. The lowest BCUT2D eigenvalue weighted by atomic mass is 10.3. The lowest BCUT2D eigenvalue weighted by molar-refractivity contribution is 0.185. The van der Waals surface area contributed by atoms with Gasteiger partial charge in [0.1, 0.15) is 4.90 Å². The fourth-order valence-corrected chi connectivity index (χ4v) is 3.95. The minimum Gasteiger partial charge on any atom is -0.494 e. The predicted octanol–water partition coefficient (Wildman–Crippen LogP) is 0.743. The van der Waals surface area contributed by atoms with Gasteiger partial charge in [-0.15, -0.1) is 0 Å². The van der Waals surface area contributed by atoms with E-state index in [0.29, 0.717) is 4.47 Å². The Kier molecular flexibility index (Phi) is 6.03. The number of ether oxygens (including phenoxy) is 1. The Morgan fingerprint density at radius 2 is 2.00 bits per heavy atom. The Labute approximate surface area is 124 Å². The molecule has 6 nitrogen and oxygen atoms in total. The maximum absolute atomic E-state index is 12.2. The van der Waals surface area contributed by atoms with Gasteiger partial charge in [0.05, 0.1) is 30.8 Å². The van der Waals surface area contributed by atoms with Crippen molar-refractivity contribution in [3.63, 3.8) is 0 Å². The summed E-state index contributed by atoms with van der Waals surface area (Å²) in [6.45, 7) is -1.06. The van der Waals surface area contributed by atoms with Crippen LogP contribution in [0.1, 0.15) is 0 Å². The van der Waals surface area contributed by atoms with Crippen molar-refractivity contribution in [2.24, 2.45) is 0 Å². The van der Waals surface area contributed by atoms with Crippen molar-refractivity contribution in [1.82, 2.24) is 4.72 Å². The zero-order valence-electron chi connectivity index (χ0n) is 9.93. The van der Waals surface area contributed by atoms with Gasteiger partial charge < -0.3 is 14.9 Å². The third kappa shape index (κ3) is 4.04. The number of hydrogen-bond donors (Lipinski definition) is 3. The zero-order chi connectivity index (χ0) is 14.6. The molecule has 0 saturated carbocycles. The van der Waals surface area contributed by atoms with Gasteiger partial charge in [0, 0.05) is 5.02 Å². The molecular formula is C10H13BrClNO5S. The highest BCUT2D eigenvalue weighted by molar-refractivity contribution is 9.10. The Morgan fingerprint density at radius 3 is 2.47 bits per heavy atom. The lowest BCUT2D eigenvalue weighted by Gasteiger charge is -2.16. The monoisotopic (exact) mass is 373 g/mol. The van der Waals surface area contributed by atoms with Crippen LogP contribution in [0.3, 0.4) is 0 Å². The van der Waals surface area contributed by atoms with Gasteiger partial charge in [-0.05, 0) is 28.1 Å². The molecule has 0 amide bonds. The van der Waals surface area contributed by atoms with E-state index in [1.807, 2.05) is 0 Å². The number of hydrogen-bond acceptors (Lipinski definition) is 5. The average Bonchev–Trinajstić information content (AvgIpc) is 2.35. The van der Waals surface area contributed by atoms with E-state index in [1.54, 1.807) is 0 Å². The standard InChI is InChI=1S/C10H13BrClNO5S/c1-18-10-8(11)2-6(12)3-9(10)19(16,17)13-7(4-14)5-15/h2-3,7,13-15H,4-5H2,1H3. The molecule has 1 aromatic rings. The van der Waals surface area contributed by atoms with Gasteiger partial charge in [0.25, 0.3) is 0 Å². The maximum atomic E-state index is 12.2. The molecule has 1 rings (SSSR count). The molecule has 0 atom stereocenters. The first-order valence-electron chi connectivity index (χ1n) is 5.12. The van der Waals surface area contributed by atoms with Crippen molar-refractivity contribution >= 4 is 37.6 Å². The summed E-state index contributed by atoms with van der Waals surface area (Å²) in [5, 5.41) is 18.0. The number of aliphatic hydroxyl groups is 2. The third-order valence-electron chi connectivity index (χ3n) is 2.23. The fraction of sp³-hybridized carbons (Fsp3) is 0.400. The molecule has 0 spiro atoms. The normalized spacial score (nSPS) is 11.9. The molecule has 0 radical (unpaired) electrons. The first kappa shape index (κ1) is 16.7. The number of halogens is 2. The summed E-state index contributed by atoms with van der Waals surface area (Å²) < 4.78 is 31.9. The highest BCUT2D eigenvalue weighted by Gasteiger charge is 2.25. The SMILES string of the molecule is COc1c(Br)cc(Cl)cc1S(=O)(=O)NC(CO)CO. The summed E-state index contributed by atoms with van der Waals surface area (Å²) in [5.74, 6) is 0.0894. The van der Waals surface area contributed by atoms with Crippen LogP contribution in [-0.2, 0) is 10.0 Å². The van der Waals surface area contributed by atoms with E-state index in [2.05, 4.69) is 20.7 Å². The molecule has 3 N–H and O–H groups in total. The number of aliphatic hydroxyl groups excluding tert-OH is 2. The van der Waals surface area contributed by atoms with Crippen LogP contribution in [0.5, 0.6) is 5.75 Å². The highest BCUT2D eigenvalue weighted by Crippen LogP contribution is 2.35. The highest BCUT2D eigenvalue weighted by atomic mass is 79.9. The summed E-state index contributed by atoms with van der Waals surface area (Å²) in [6, 6.07) is 1.72. The van der Waals surface area contributed by atoms with E-state index >= 15 is 0 Å². The summed E-state index contributed by atoms with van der Waals surface area (Å²) in [4.78, 5) is -0.179. The van der Waals surface area contributed by atoms with Crippen LogP contribution in [0.2, 0.25) is 5.02 Å². The molecule has 19 heavy (non-hydrogen) atoms. The number of benzene rings is 1. The molecule has 0 saturated heterocycles. The molecule has 108 valence electrons. The molecule has 0 bridgehead atoms. The van der Waals surface area contributed by atoms with Crippen LogP contribution in [0.4, 0.5) is 0 Å². The van der Waals surface area contributed by atoms with Crippen LogP contribution in [-0.4, -0.2) is 45.0 Å². The van der Waals surface area contributed by atoms with Crippen molar-refractivity contribution in [2.75, 3.05) is 20.3 Å². The summed E-state index contributed by atoms with van der Waals surface area (Å²) in [6.07, 6.45) is 0. The van der Waals surface area contributed by atoms with Crippen molar-refractivity contribution in [3.05, 3.63) is 21.6 Å². The van der Waals surface area contributed by atoms with Gasteiger partial charge in [0.15, 0.2) is 5.75 Å². The van der Waals surface area contributed by atoms with Crippen LogP contribution in [0.15, 0.2) is 21.5 Å². The van der Waals surface area contributed by atoms with Crippen molar-refractivity contribution in [3.8, 4) is 5.75 Å². The summed E-state index contributed by atoms with van der Waals surface area (Å²) in [5.41, 5.74) is 0. The van der Waals surface area contributed by atoms with Crippen LogP contribution in [0.25, 0.3) is 0 Å². The molecule has 0 aliphatic carbocycles. The second-order valence-corrected chi connectivity index (χ2v) is 6.58. The van der Waals surface area contributed by atoms with Crippen molar-refractivity contribution in [2.45, 2.75) is 10.9 Å². The van der Waals surface area contributed by atoms with Crippen LogP contribution < -0.4 is 9.46 Å². The smallest absolute Gasteiger partial charge is 0.244 e. The molecule has 0 fully saturated rings. The minimum atomic E-state index is -3.98. The van der Waals surface area contributed by atoms with E-state index in [0.717, 1.165) is 0 Å². The summed E-state index contributed by atoms with van der Waals surface area (Å²) in [7, 11) is -2.66. The lowest BCUT2D eigenvalue weighted by Crippen LogP contribution is -2.40. The average molecular weight is 375 g/mol. The number of sulfonamides is 1. The van der Waals surface area contributed by atoms with Gasteiger partial charge in [0.2, 0.25) is 10.0 Å². The van der Waals surface area contributed by atoms with E-state index in [9.17, 15) is 8.42 Å². The van der Waals surface area contributed by atoms with Gasteiger partial charge in [-0.2, -0.15) is 0 Å². The Hall–Kier alpha value is -0.380. The molecule has 9 heteroatoms. The second-order valence-electron chi connectivity index (χ2n) is 3.60. The number of methoxy groups -OCH3 is 1. The first-order chi connectivity index (χ1) is 8.85. The number of nitrogens with one attached hydrogen (secondary N) is 1. The first-order valence-corrected chi connectivity index (χ1v) is 7.78. The van der Waals surface area contributed by atoms with Crippen molar-refractivity contribution < 1.29 is 23.4 Å². The molecule has 0 aromatic heterocycles. The molecule has 1 aromatic carbocycles.